The number of esters is 1. The largest absolute Gasteiger partial charge is 0.508 e. The Bertz CT molecular complexity index is 2640. The highest BCUT2D eigenvalue weighted by Crippen LogP contribution is 2.42. The highest BCUT2D eigenvalue weighted by Gasteiger charge is 2.41. The number of aryl methyl sites for hydroxylation is 1. The van der Waals surface area contributed by atoms with E-state index in [2.05, 4.69) is 66.1 Å². The van der Waals surface area contributed by atoms with Crippen LogP contribution in [0, 0.1) is 35.0 Å². The molecule has 3 N–H and O–H groups in total. The number of fused-ring (bicyclic) bond motifs is 6. The zero-order chi connectivity index (χ0) is 49.7. The summed E-state index contributed by atoms with van der Waals surface area (Å²) in [6.45, 7) is 13.1. The fourth-order valence-electron chi connectivity index (χ4n) is 10.4. The number of hydrogen-bond donors (Lipinski definition) is 3. The van der Waals surface area contributed by atoms with E-state index in [0.29, 0.717) is 56.2 Å². The van der Waals surface area contributed by atoms with Gasteiger partial charge in [-0.3, -0.25) is 34.0 Å². The van der Waals surface area contributed by atoms with E-state index in [1.165, 1.54) is 17.0 Å². The van der Waals surface area contributed by atoms with Crippen molar-refractivity contribution in [1.29, 1.82) is 0 Å². The van der Waals surface area contributed by atoms with E-state index >= 15 is 0 Å². The molecule has 1 saturated carbocycles. The maximum absolute atomic E-state index is 14.8. The van der Waals surface area contributed by atoms with Crippen molar-refractivity contribution in [3.8, 4) is 40.0 Å². The fourth-order valence-corrected chi connectivity index (χ4v) is 10.4. The summed E-state index contributed by atoms with van der Waals surface area (Å²) in [5.74, 6) is 2.13. The van der Waals surface area contributed by atoms with Crippen LogP contribution in [0.3, 0.4) is 0 Å². The van der Waals surface area contributed by atoms with Gasteiger partial charge in [-0.2, -0.15) is 0 Å². The van der Waals surface area contributed by atoms with Crippen LogP contribution in [-0.4, -0.2) is 113 Å². The van der Waals surface area contributed by atoms with Gasteiger partial charge in [-0.25, -0.2) is 5.43 Å². The second-order valence-corrected chi connectivity index (χ2v) is 20.0. The van der Waals surface area contributed by atoms with Gasteiger partial charge in [0.25, 0.3) is 5.91 Å². The number of ketones is 1. The number of aromatic hydroxyl groups is 1. The van der Waals surface area contributed by atoms with Gasteiger partial charge < -0.3 is 34.1 Å². The summed E-state index contributed by atoms with van der Waals surface area (Å²) >= 11 is 0. The molecule has 2 aliphatic heterocycles. The number of Topliss-reactive ketones (excluding diaryl/α,β-unsaturated/α-hetero) is 1. The number of likely N-dealkylation sites (N-methyl/N-ethyl adjacent to an activating group) is 1. The predicted molar refractivity (Wildman–Crippen MR) is 262 cm³/mol. The third-order valence-electron chi connectivity index (χ3n) is 13.9. The number of aromatic nitrogens is 2. The minimum Gasteiger partial charge on any atom is -0.508 e. The Morgan fingerprint density at radius 1 is 1.04 bits per heavy atom. The molecule has 2 fully saturated rings. The van der Waals surface area contributed by atoms with Crippen LogP contribution >= 0.6 is 0 Å². The van der Waals surface area contributed by atoms with Crippen LogP contribution in [0.2, 0.25) is 0 Å². The summed E-state index contributed by atoms with van der Waals surface area (Å²) in [6.07, 6.45) is 4.28. The van der Waals surface area contributed by atoms with E-state index in [0.717, 1.165) is 39.0 Å². The Kier molecular flexibility index (Phi) is 16.0. The second kappa shape index (κ2) is 21.7. The van der Waals surface area contributed by atoms with Crippen molar-refractivity contribution in [2.45, 2.75) is 117 Å². The molecule has 7 rings (SSSR count). The van der Waals surface area contributed by atoms with Crippen molar-refractivity contribution >= 4 is 40.4 Å². The van der Waals surface area contributed by atoms with Crippen molar-refractivity contribution in [1.82, 2.24) is 30.2 Å². The monoisotopic (exact) mass is 945 g/mol. The molecule has 3 aliphatic rings. The molecule has 0 radical (unpaired) electrons. The van der Waals surface area contributed by atoms with Crippen LogP contribution in [-0.2, 0) is 57.6 Å². The molecule has 2 aromatic carbocycles. The Morgan fingerprint density at radius 2 is 1.81 bits per heavy atom. The number of hydrogen-bond acceptors (Lipinski definition) is 11. The van der Waals surface area contributed by atoms with Crippen LogP contribution in [0.4, 0.5) is 0 Å². The first kappa shape index (κ1) is 50.8. The molecular weight excluding hydrogens is 877 g/mol. The number of nitrogens with zero attached hydrogens (tertiary/aromatic N) is 4. The first-order valence-electron chi connectivity index (χ1n) is 24.2. The van der Waals surface area contributed by atoms with Gasteiger partial charge in [0, 0.05) is 80.7 Å². The third-order valence-corrected chi connectivity index (χ3v) is 13.9. The highest BCUT2D eigenvalue weighted by molar-refractivity contribution is 5.99. The quantitative estimate of drug-likeness (QED) is 0.0841. The molecule has 1 saturated heterocycles. The number of methoxy groups -OCH3 is 2. The lowest BCUT2D eigenvalue weighted by Crippen LogP contribution is -2.62. The Morgan fingerprint density at radius 3 is 2.54 bits per heavy atom. The van der Waals surface area contributed by atoms with Crippen molar-refractivity contribution in [2.75, 3.05) is 41.0 Å². The first-order chi connectivity index (χ1) is 32.9. The van der Waals surface area contributed by atoms with E-state index in [4.69, 9.17) is 19.2 Å². The number of carbonyl (C=O) groups is 5. The summed E-state index contributed by atoms with van der Waals surface area (Å²) in [7, 11) is 4.76. The summed E-state index contributed by atoms with van der Waals surface area (Å²) in [4.78, 5) is 76.4. The number of amides is 3. The van der Waals surface area contributed by atoms with Crippen LogP contribution in [0.1, 0.15) is 96.6 Å². The van der Waals surface area contributed by atoms with Gasteiger partial charge in [0.2, 0.25) is 17.6 Å². The van der Waals surface area contributed by atoms with Gasteiger partial charge in [0.1, 0.15) is 30.5 Å². The molecule has 3 amide bonds. The van der Waals surface area contributed by atoms with Crippen molar-refractivity contribution in [2.24, 2.45) is 23.2 Å². The molecule has 4 aromatic rings. The molecule has 0 spiro atoms. The average molecular weight is 945 g/mol. The molecular formula is C54H68N6O9. The number of ether oxygens (including phenoxy) is 3. The SMILES string of the molecule is CCn1c(-c2cccnc2[C@H](C)OC)c2c3cc(ccc31)-c1cc(O)cc(c1)C[C@H](NC(=O)[C@H](C(C)C)N(C)C(=O)[C@H]1CCC(C(=O)C#CCOC)C1)C(=O)N1CCC[C@H](N1)C(=O)OCC(C)(C)C2. The number of cyclic esters (lactones) is 1. The number of hydrazine groups is 1. The van der Waals surface area contributed by atoms with E-state index in [9.17, 15) is 29.1 Å². The summed E-state index contributed by atoms with van der Waals surface area (Å²) in [5.41, 5.74) is 9.51. The van der Waals surface area contributed by atoms with Crippen LogP contribution in [0.15, 0.2) is 54.7 Å². The van der Waals surface area contributed by atoms with Crippen molar-refractivity contribution in [3.05, 3.63) is 71.5 Å². The molecule has 69 heavy (non-hydrogen) atoms. The van der Waals surface area contributed by atoms with Gasteiger partial charge >= 0.3 is 5.97 Å². The molecule has 1 unspecified atom stereocenters. The highest BCUT2D eigenvalue weighted by atomic mass is 16.5. The number of phenolic OH excluding ortho intramolecular Hbond substituents is 1. The summed E-state index contributed by atoms with van der Waals surface area (Å²) in [5, 5.41) is 16.7. The molecule has 15 nitrogen and oxygen atoms in total. The van der Waals surface area contributed by atoms with E-state index in [1.807, 2.05) is 39.0 Å². The van der Waals surface area contributed by atoms with Gasteiger partial charge in [0.05, 0.1) is 24.1 Å². The van der Waals surface area contributed by atoms with Crippen LogP contribution < -0.4 is 10.7 Å². The minimum atomic E-state index is -1.17. The van der Waals surface area contributed by atoms with Gasteiger partial charge in [-0.1, -0.05) is 45.7 Å². The lowest BCUT2D eigenvalue weighted by atomic mass is 9.84. The zero-order valence-electron chi connectivity index (χ0n) is 41.5. The van der Waals surface area contributed by atoms with Crippen LogP contribution in [0.25, 0.3) is 33.3 Å². The van der Waals surface area contributed by atoms with E-state index in [1.54, 1.807) is 32.5 Å². The predicted octanol–water partition coefficient (Wildman–Crippen LogP) is 6.57. The maximum atomic E-state index is 14.8. The lowest BCUT2D eigenvalue weighted by Gasteiger charge is -2.37. The Labute approximate surface area is 405 Å². The number of carbonyl (C=O) groups excluding carboxylic acids is 5. The van der Waals surface area contributed by atoms with Crippen LogP contribution in [0.5, 0.6) is 5.75 Å². The summed E-state index contributed by atoms with van der Waals surface area (Å²) < 4.78 is 19.2. The molecule has 1 aliphatic carbocycles. The van der Waals surface area contributed by atoms with Crippen molar-refractivity contribution in [3.63, 3.8) is 0 Å². The minimum absolute atomic E-state index is 0.0152. The van der Waals surface area contributed by atoms with Gasteiger partial charge in [-0.05, 0) is 123 Å². The maximum Gasteiger partial charge on any atom is 0.324 e. The van der Waals surface area contributed by atoms with E-state index in [-0.39, 0.29) is 61.6 Å². The molecule has 6 atom stereocenters. The lowest BCUT2D eigenvalue weighted by molar-refractivity contribution is -0.155. The smallest absolute Gasteiger partial charge is 0.324 e. The number of benzene rings is 2. The zero-order valence-corrected chi connectivity index (χ0v) is 41.5. The fraction of sp³-hybridized carbons (Fsp3) is 0.519. The second-order valence-electron chi connectivity index (χ2n) is 20.0. The Hall–Kier alpha value is -6.08. The number of pyridine rings is 1. The molecule has 4 heterocycles. The molecule has 368 valence electrons. The number of phenols is 1. The van der Waals surface area contributed by atoms with E-state index < -0.39 is 47.2 Å². The average Bonchev–Trinajstić information content (AvgIpc) is 3.95. The molecule has 2 aromatic heterocycles. The van der Waals surface area contributed by atoms with Gasteiger partial charge in [-0.15, -0.1) is 0 Å². The van der Waals surface area contributed by atoms with Crippen molar-refractivity contribution < 1.29 is 43.3 Å². The third kappa shape index (κ3) is 11.2. The Balaban J connectivity index is 1.27. The summed E-state index contributed by atoms with van der Waals surface area (Å²) in [6, 6.07) is 12.5. The number of rotatable bonds is 11. The first-order valence-corrected chi connectivity index (χ1v) is 24.2. The number of nitrogens with one attached hydrogen (secondary N) is 2. The topological polar surface area (TPSA) is 182 Å². The standard InChI is InChI=1S/C54H68N6O9/c1-10-59-45-20-19-35-29-41(45)42(49(59)40-14-11-21-55-47(40)33(4)68-9)30-54(5,6)31-69-53(66)43-15-12-22-60(57-43)52(65)44(26-34-24-38(35)28-39(61)25-34)56-50(63)48(32(2)3)58(7)51(64)37-18-17-36(27-37)46(62)16-13-23-67-8/h11,14,19-21,24-25,28-29,32-33,36-37,43-44,48,57,61H,10,12,15,17-18,22-23,26-27,30-31H2,1-9H3,(H,56,63)/t33-,36?,37-,43-,44-,48-/m0/s1. The van der Waals surface area contributed by atoms with Gasteiger partial charge in [0.15, 0.2) is 0 Å². The molecule has 15 heteroatoms. The molecule has 6 bridgehead atoms. The normalized spacial score (nSPS) is 21.4.